The van der Waals surface area contributed by atoms with Crippen LogP contribution in [-0.2, 0) is 0 Å². The molecule has 2 unspecified atom stereocenters. The maximum absolute atomic E-state index is 5.86. The van der Waals surface area contributed by atoms with Crippen LogP contribution in [0.15, 0.2) is 22.6 Å². The summed E-state index contributed by atoms with van der Waals surface area (Å²) < 4.78 is 5.60. The molecule has 0 spiro atoms. The molecule has 0 fully saturated rings. The topological polar surface area (TPSA) is 52.0 Å². The molecular formula is C11H13ClN2O. The highest BCUT2D eigenvalue weighted by Gasteiger charge is 2.16. The van der Waals surface area contributed by atoms with Gasteiger partial charge in [0.1, 0.15) is 5.52 Å². The molecule has 1 aromatic heterocycles. The van der Waals surface area contributed by atoms with Gasteiger partial charge in [0.2, 0.25) is 0 Å². The minimum Gasteiger partial charge on any atom is -0.440 e. The Balaban J connectivity index is 2.47. The van der Waals surface area contributed by atoms with Crippen LogP contribution in [0.5, 0.6) is 0 Å². The highest BCUT2D eigenvalue weighted by Crippen LogP contribution is 2.25. The Morgan fingerprint density at radius 2 is 2.13 bits per heavy atom. The number of nitrogens with two attached hydrogens (primary N) is 1. The largest absolute Gasteiger partial charge is 0.440 e. The Labute approximate surface area is 93.2 Å². The SMILES string of the molecule is CC(N)C(C)c1nc2ccc(Cl)cc2o1. The summed E-state index contributed by atoms with van der Waals surface area (Å²) in [7, 11) is 0. The van der Waals surface area contributed by atoms with Crippen molar-refractivity contribution in [1.82, 2.24) is 4.98 Å². The van der Waals surface area contributed by atoms with Crippen molar-refractivity contribution in [2.24, 2.45) is 5.73 Å². The first-order valence-corrected chi connectivity index (χ1v) is 5.27. The van der Waals surface area contributed by atoms with Crippen LogP contribution in [0.3, 0.4) is 0 Å². The molecule has 0 radical (unpaired) electrons. The first kappa shape index (κ1) is 10.5. The molecule has 0 bridgehead atoms. The normalized spacial score (nSPS) is 15.5. The van der Waals surface area contributed by atoms with E-state index >= 15 is 0 Å². The van der Waals surface area contributed by atoms with Crippen molar-refractivity contribution < 1.29 is 4.42 Å². The van der Waals surface area contributed by atoms with Crippen molar-refractivity contribution in [2.75, 3.05) is 0 Å². The number of oxazole rings is 1. The molecular weight excluding hydrogens is 212 g/mol. The number of halogens is 1. The Morgan fingerprint density at radius 3 is 2.80 bits per heavy atom. The molecule has 0 aliphatic carbocycles. The third kappa shape index (κ3) is 1.98. The standard InChI is InChI=1S/C11H13ClN2O/c1-6(7(2)13)11-14-9-4-3-8(12)5-10(9)15-11/h3-7H,13H2,1-2H3. The van der Waals surface area contributed by atoms with Crippen molar-refractivity contribution in [3.05, 3.63) is 29.1 Å². The monoisotopic (exact) mass is 224 g/mol. The number of rotatable bonds is 2. The highest BCUT2D eigenvalue weighted by molar-refractivity contribution is 6.31. The van der Waals surface area contributed by atoms with Crippen LogP contribution in [0.25, 0.3) is 11.1 Å². The molecule has 3 nitrogen and oxygen atoms in total. The number of fused-ring (bicyclic) bond motifs is 1. The Bertz CT molecular complexity index is 478. The molecule has 2 N–H and O–H groups in total. The van der Waals surface area contributed by atoms with Crippen LogP contribution < -0.4 is 5.73 Å². The minimum atomic E-state index is 0.0218. The van der Waals surface area contributed by atoms with Crippen LogP contribution in [0.4, 0.5) is 0 Å². The van der Waals surface area contributed by atoms with E-state index < -0.39 is 0 Å². The summed E-state index contributed by atoms with van der Waals surface area (Å²) in [6.45, 7) is 3.93. The lowest BCUT2D eigenvalue weighted by molar-refractivity contribution is 0.451. The lowest BCUT2D eigenvalue weighted by atomic mass is 10.1. The zero-order valence-corrected chi connectivity index (χ0v) is 9.45. The average Bonchev–Trinajstić information content (AvgIpc) is 2.58. The number of benzene rings is 1. The summed E-state index contributed by atoms with van der Waals surface area (Å²) in [4.78, 5) is 4.37. The van der Waals surface area contributed by atoms with Gasteiger partial charge >= 0.3 is 0 Å². The molecule has 0 aliphatic heterocycles. The summed E-state index contributed by atoms with van der Waals surface area (Å²) in [5.74, 6) is 0.776. The molecule has 1 heterocycles. The fourth-order valence-corrected chi connectivity index (χ4v) is 1.50. The number of hydrogen-bond acceptors (Lipinski definition) is 3. The van der Waals surface area contributed by atoms with Crippen molar-refractivity contribution in [3.63, 3.8) is 0 Å². The lowest BCUT2D eigenvalue weighted by Gasteiger charge is -2.10. The van der Waals surface area contributed by atoms with Gasteiger partial charge in [-0.05, 0) is 19.1 Å². The third-order valence-electron chi connectivity index (χ3n) is 2.55. The van der Waals surface area contributed by atoms with Gasteiger partial charge < -0.3 is 10.2 Å². The van der Waals surface area contributed by atoms with E-state index in [1.165, 1.54) is 0 Å². The summed E-state index contributed by atoms with van der Waals surface area (Å²) in [6, 6.07) is 5.43. The van der Waals surface area contributed by atoms with Crippen LogP contribution in [0.1, 0.15) is 25.7 Å². The van der Waals surface area contributed by atoms with Gasteiger partial charge in [-0.2, -0.15) is 0 Å². The number of aromatic nitrogens is 1. The fourth-order valence-electron chi connectivity index (χ4n) is 1.34. The molecule has 4 heteroatoms. The smallest absolute Gasteiger partial charge is 0.199 e. The molecule has 2 atom stereocenters. The number of hydrogen-bond donors (Lipinski definition) is 1. The molecule has 0 saturated carbocycles. The second-order valence-electron chi connectivity index (χ2n) is 3.81. The molecule has 15 heavy (non-hydrogen) atoms. The first-order valence-electron chi connectivity index (χ1n) is 4.89. The molecule has 0 amide bonds. The fraction of sp³-hybridized carbons (Fsp3) is 0.364. The first-order chi connectivity index (χ1) is 7.08. The minimum absolute atomic E-state index is 0.0218. The number of nitrogens with zero attached hydrogens (tertiary/aromatic N) is 1. The maximum Gasteiger partial charge on any atom is 0.199 e. The Morgan fingerprint density at radius 1 is 1.40 bits per heavy atom. The van der Waals surface area contributed by atoms with Gasteiger partial charge in [0.25, 0.3) is 0 Å². The quantitative estimate of drug-likeness (QED) is 0.854. The average molecular weight is 225 g/mol. The Kier molecular flexibility index (Phi) is 2.67. The van der Waals surface area contributed by atoms with Gasteiger partial charge in [0, 0.05) is 23.0 Å². The van der Waals surface area contributed by atoms with E-state index in [0.29, 0.717) is 16.5 Å². The van der Waals surface area contributed by atoms with E-state index in [0.717, 1.165) is 5.52 Å². The second kappa shape index (κ2) is 3.83. The summed E-state index contributed by atoms with van der Waals surface area (Å²) in [5, 5.41) is 0.652. The maximum atomic E-state index is 5.86. The lowest BCUT2D eigenvalue weighted by Crippen LogP contribution is -2.22. The van der Waals surface area contributed by atoms with Gasteiger partial charge in [-0.3, -0.25) is 0 Å². The van der Waals surface area contributed by atoms with E-state index in [9.17, 15) is 0 Å². The van der Waals surface area contributed by atoms with E-state index in [1.54, 1.807) is 12.1 Å². The molecule has 1 aromatic carbocycles. The van der Waals surface area contributed by atoms with Crippen LogP contribution in [0, 0.1) is 0 Å². The van der Waals surface area contributed by atoms with Crippen LogP contribution in [-0.4, -0.2) is 11.0 Å². The van der Waals surface area contributed by atoms with Crippen LogP contribution >= 0.6 is 11.6 Å². The summed E-state index contributed by atoms with van der Waals surface area (Å²) in [6.07, 6.45) is 0. The molecule has 0 saturated heterocycles. The van der Waals surface area contributed by atoms with Crippen molar-refractivity contribution in [2.45, 2.75) is 25.8 Å². The van der Waals surface area contributed by atoms with E-state index in [4.69, 9.17) is 21.8 Å². The van der Waals surface area contributed by atoms with E-state index in [2.05, 4.69) is 4.98 Å². The van der Waals surface area contributed by atoms with Gasteiger partial charge in [0.05, 0.1) is 0 Å². The van der Waals surface area contributed by atoms with E-state index in [1.807, 2.05) is 19.9 Å². The molecule has 2 rings (SSSR count). The van der Waals surface area contributed by atoms with Gasteiger partial charge in [-0.1, -0.05) is 18.5 Å². The van der Waals surface area contributed by atoms with Crippen LogP contribution in [0.2, 0.25) is 5.02 Å². The predicted octanol–water partition coefficient (Wildman–Crippen LogP) is 2.93. The zero-order valence-electron chi connectivity index (χ0n) is 8.70. The van der Waals surface area contributed by atoms with E-state index in [-0.39, 0.29) is 12.0 Å². The molecule has 0 aliphatic rings. The van der Waals surface area contributed by atoms with Crippen molar-refractivity contribution in [1.29, 1.82) is 0 Å². The predicted molar refractivity (Wildman–Crippen MR) is 61.1 cm³/mol. The summed E-state index contributed by atoms with van der Waals surface area (Å²) in [5.41, 5.74) is 7.33. The molecule has 2 aromatic rings. The van der Waals surface area contributed by atoms with Gasteiger partial charge in [0.15, 0.2) is 11.5 Å². The second-order valence-corrected chi connectivity index (χ2v) is 4.25. The summed E-state index contributed by atoms with van der Waals surface area (Å²) >= 11 is 5.86. The van der Waals surface area contributed by atoms with Gasteiger partial charge in [-0.25, -0.2) is 4.98 Å². The Hall–Kier alpha value is -1.06. The third-order valence-corrected chi connectivity index (χ3v) is 2.78. The zero-order chi connectivity index (χ0) is 11.0. The van der Waals surface area contributed by atoms with Crippen molar-refractivity contribution >= 4 is 22.7 Å². The van der Waals surface area contributed by atoms with Gasteiger partial charge in [-0.15, -0.1) is 0 Å². The molecule has 80 valence electrons. The van der Waals surface area contributed by atoms with Crippen molar-refractivity contribution in [3.8, 4) is 0 Å². The highest BCUT2D eigenvalue weighted by atomic mass is 35.5.